The zero-order chi connectivity index (χ0) is 22.9. The second-order valence-corrected chi connectivity index (χ2v) is 7.27. The molecule has 0 radical (unpaired) electrons. The number of hydrogen-bond acceptors (Lipinski definition) is 9. The van der Waals surface area contributed by atoms with E-state index >= 15 is 0 Å². The SMILES string of the molecule is CC(=O)c1ccc(-n2cnc3cc(Nc4ccc(C)nn4)ccc32)nc1-c1[nH]nnc1C#N. The highest BCUT2D eigenvalue weighted by molar-refractivity contribution is 6.00. The van der Waals surface area contributed by atoms with Crippen molar-refractivity contribution in [1.82, 2.24) is 40.1 Å². The second kappa shape index (κ2) is 7.93. The van der Waals surface area contributed by atoms with E-state index in [0.717, 1.165) is 22.4 Å². The number of carbonyl (C=O) groups is 1. The van der Waals surface area contributed by atoms with E-state index < -0.39 is 0 Å². The predicted octanol–water partition coefficient (Wildman–Crippen LogP) is 3.12. The molecule has 33 heavy (non-hydrogen) atoms. The molecule has 2 N–H and O–H groups in total. The smallest absolute Gasteiger partial charge is 0.191 e. The summed E-state index contributed by atoms with van der Waals surface area (Å²) in [5.41, 5.74) is 4.22. The van der Waals surface area contributed by atoms with Crippen LogP contribution in [0.1, 0.15) is 28.7 Å². The first-order valence-corrected chi connectivity index (χ1v) is 9.92. The number of aromatic amines is 1. The first-order valence-electron chi connectivity index (χ1n) is 9.92. The van der Waals surface area contributed by atoms with Gasteiger partial charge < -0.3 is 5.32 Å². The number of aryl methyl sites for hydroxylation is 1. The van der Waals surface area contributed by atoms with E-state index in [2.05, 4.69) is 40.9 Å². The summed E-state index contributed by atoms with van der Waals surface area (Å²) in [5, 5.41) is 30.8. The fraction of sp³-hybridized carbons (Fsp3) is 0.0909. The monoisotopic (exact) mass is 436 g/mol. The quantitative estimate of drug-likeness (QED) is 0.396. The van der Waals surface area contributed by atoms with Crippen LogP contribution in [0.4, 0.5) is 11.5 Å². The van der Waals surface area contributed by atoms with Crippen LogP contribution >= 0.6 is 0 Å². The molecule has 0 unspecified atom stereocenters. The Hall–Kier alpha value is -4.98. The van der Waals surface area contributed by atoms with Crippen LogP contribution in [0.3, 0.4) is 0 Å². The van der Waals surface area contributed by atoms with Crippen LogP contribution in [-0.2, 0) is 0 Å². The van der Waals surface area contributed by atoms with Gasteiger partial charge in [0.15, 0.2) is 17.3 Å². The highest BCUT2D eigenvalue weighted by Crippen LogP contribution is 2.27. The number of hydrogen-bond donors (Lipinski definition) is 2. The molecule has 4 heterocycles. The minimum Gasteiger partial charge on any atom is -0.339 e. The van der Waals surface area contributed by atoms with Gasteiger partial charge in [-0.15, -0.1) is 10.2 Å². The molecule has 4 aromatic heterocycles. The highest BCUT2D eigenvalue weighted by atomic mass is 16.1. The largest absolute Gasteiger partial charge is 0.339 e. The minimum absolute atomic E-state index is 0.0626. The Kier molecular flexibility index (Phi) is 4.80. The number of nitriles is 1. The Bertz CT molecular complexity index is 1540. The van der Waals surface area contributed by atoms with Crippen molar-refractivity contribution < 1.29 is 4.79 Å². The van der Waals surface area contributed by atoms with Gasteiger partial charge in [0.05, 0.1) is 16.7 Å². The van der Waals surface area contributed by atoms with Crippen LogP contribution in [0.5, 0.6) is 0 Å². The number of nitrogens with one attached hydrogen (secondary N) is 2. The Morgan fingerprint density at radius 2 is 2.00 bits per heavy atom. The topological polar surface area (TPSA) is 151 Å². The van der Waals surface area contributed by atoms with Crippen LogP contribution in [-0.4, -0.2) is 45.9 Å². The van der Waals surface area contributed by atoms with Crippen LogP contribution in [0.2, 0.25) is 0 Å². The van der Waals surface area contributed by atoms with Crippen LogP contribution in [0.15, 0.2) is 48.8 Å². The summed E-state index contributed by atoms with van der Waals surface area (Å²) in [6.07, 6.45) is 1.65. The Morgan fingerprint density at radius 3 is 2.76 bits per heavy atom. The number of anilines is 2. The lowest BCUT2D eigenvalue weighted by Crippen LogP contribution is -2.04. The molecule has 5 aromatic rings. The second-order valence-electron chi connectivity index (χ2n) is 7.27. The van der Waals surface area contributed by atoms with E-state index in [1.165, 1.54) is 6.92 Å². The van der Waals surface area contributed by atoms with Gasteiger partial charge in [-0.3, -0.25) is 14.5 Å². The molecule has 0 aliphatic rings. The maximum Gasteiger partial charge on any atom is 0.191 e. The molecule has 0 spiro atoms. The fourth-order valence-corrected chi connectivity index (χ4v) is 3.42. The maximum absolute atomic E-state index is 12.2. The first kappa shape index (κ1) is 20.0. The van der Waals surface area contributed by atoms with Gasteiger partial charge in [0.1, 0.15) is 29.6 Å². The lowest BCUT2D eigenvalue weighted by Gasteiger charge is -2.09. The summed E-state index contributed by atoms with van der Waals surface area (Å²) >= 11 is 0. The first-order chi connectivity index (χ1) is 16.0. The van der Waals surface area contributed by atoms with Gasteiger partial charge in [0, 0.05) is 11.3 Å². The number of imidazole rings is 1. The van der Waals surface area contributed by atoms with Gasteiger partial charge in [-0.25, -0.2) is 9.97 Å². The third-order valence-corrected chi connectivity index (χ3v) is 5.02. The zero-order valence-corrected chi connectivity index (χ0v) is 17.6. The molecule has 0 saturated carbocycles. The molecule has 5 rings (SSSR count). The van der Waals surface area contributed by atoms with E-state index in [0.29, 0.717) is 28.6 Å². The standard InChI is InChI=1S/C22H16N10O/c1-12-3-7-19(29-27-12)25-14-4-6-18-16(9-14)24-11-32(18)20-8-5-15(13(2)33)21(26-20)22-17(10-23)28-31-30-22/h3-9,11H,1-2H3,(H,25,29)(H,28,30,31). The van der Waals surface area contributed by atoms with Crippen molar-refractivity contribution in [2.75, 3.05) is 5.32 Å². The lowest BCUT2D eigenvalue weighted by atomic mass is 10.1. The average molecular weight is 436 g/mol. The Labute approximate surface area is 187 Å². The van der Waals surface area contributed by atoms with E-state index in [4.69, 9.17) is 0 Å². The number of Topliss-reactive ketones (excluding diaryl/α,β-unsaturated/α-hetero) is 1. The molecular formula is C22H16N10O. The number of pyridine rings is 1. The highest BCUT2D eigenvalue weighted by Gasteiger charge is 2.19. The van der Waals surface area contributed by atoms with Gasteiger partial charge in [-0.2, -0.15) is 10.4 Å². The summed E-state index contributed by atoms with van der Waals surface area (Å²) in [7, 11) is 0. The third kappa shape index (κ3) is 3.66. The van der Waals surface area contributed by atoms with Gasteiger partial charge in [0.2, 0.25) is 0 Å². The predicted molar refractivity (Wildman–Crippen MR) is 119 cm³/mol. The number of fused-ring (bicyclic) bond motifs is 1. The van der Waals surface area contributed by atoms with Gasteiger partial charge in [-0.05, 0) is 56.3 Å². The number of H-pyrrole nitrogens is 1. The van der Waals surface area contributed by atoms with E-state index in [1.807, 2.05) is 43.3 Å². The fourth-order valence-electron chi connectivity index (χ4n) is 3.42. The van der Waals surface area contributed by atoms with Gasteiger partial charge in [-0.1, -0.05) is 5.21 Å². The summed E-state index contributed by atoms with van der Waals surface area (Å²) in [5.74, 6) is 0.973. The normalized spacial score (nSPS) is 10.8. The third-order valence-electron chi connectivity index (χ3n) is 5.02. The van der Waals surface area contributed by atoms with E-state index in [9.17, 15) is 10.1 Å². The number of ketones is 1. The molecule has 0 bridgehead atoms. The molecule has 0 aliphatic carbocycles. The molecule has 0 aliphatic heterocycles. The lowest BCUT2D eigenvalue weighted by molar-refractivity contribution is 0.101. The van der Waals surface area contributed by atoms with Crippen molar-refractivity contribution in [2.24, 2.45) is 0 Å². The maximum atomic E-state index is 12.2. The van der Waals surface area contributed by atoms with Crippen molar-refractivity contribution in [2.45, 2.75) is 13.8 Å². The molecule has 11 nitrogen and oxygen atoms in total. The number of benzene rings is 1. The van der Waals surface area contributed by atoms with Crippen molar-refractivity contribution in [3.8, 4) is 23.3 Å². The Balaban J connectivity index is 1.55. The molecule has 1 aromatic carbocycles. The molecule has 11 heteroatoms. The molecule has 0 amide bonds. The van der Waals surface area contributed by atoms with Gasteiger partial charge >= 0.3 is 0 Å². The van der Waals surface area contributed by atoms with Crippen LogP contribution in [0, 0.1) is 18.3 Å². The van der Waals surface area contributed by atoms with Crippen molar-refractivity contribution in [3.05, 3.63) is 65.7 Å². The molecule has 0 atom stereocenters. The summed E-state index contributed by atoms with van der Waals surface area (Å²) in [4.78, 5) is 21.3. The average Bonchev–Trinajstić information content (AvgIpc) is 3.47. The van der Waals surface area contributed by atoms with Crippen molar-refractivity contribution >= 4 is 28.3 Å². The molecule has 160 valence electrons. The van der Waals surface area contributed by atoms with Gasteiger partial charge in [0.25, 0.3) is 0 Å². The number of nitrogens with zero attached hydrogens (tertiary/aromatic N) is 8. The molecule has 0 saturated heterocycles. The number of aromatic nitrogens is 8. The van der Waals surface area contributed by atoms with E-state index in [-0.39, 0.29) is 11.5 Å². The summed E-state index contributed by atoms with van der Waals surface area (Å²) < 4.78 is 1.80. The zero-order valence-electron chi connectivity index (χ0n) is 17.6. The molecule has 0 fully saturated rings. The number of carbonyl (C=O) groups excluding carboxylic acids is 1. The Morgan fingerprint density at radius 1 is 1.12 bits per heavy atom. The number of rotatable bonds is 5. The van der Waals surface area contributed by atoms with Crippen LogP contribution < -0.4 is 5.32 Å². The minimum atomic E-state index is -0.187. The van der Waals surface area contributed by atoms with Crippen molar-refractivity contribution in [1.29, 1.82) is 5.26 Å². The van der Waals surface area contributed by atoms with Crippen molar-refractivity contribution in [3.63, 3.8) is 0 Å². The van der Waals surface area contributed by atoms with Crippen LogP contribution in [0.25, 0.3) is 28.2 Å². The molecular weight excluding hydrogens is 420 g/mol. The van der Waals surface area contributed by atoms with E-state index in [1.54, 1.807) is 23.0 Å². The summed E-state index contributed by atoms with van der Waals surface area (Å²) in [6.45, 7) is 3.32. The summed E-state index contributed by atoms with van der Waals surface area (Å²) in [6, 6.07) is 14.8.